The second-order valence-electron chi connectivity index (χ2n) is 5.48. The molecule has 0 bridgehead atoms. The maximum atomic E-state index is 11.5. The van der Waals surface area contributed by atoms with Crippen LogP contribution >= 0.6 is 0 Å². The van der Waals surface area contributed by atoms with E-state index in [1.54, 1.807) is 39.8 Å². The summed E-state index contributed by atoms with van der Waals surface area (Å²) in [4.78, 5) is 11.5. The molecular weight excluding hydrogens is 310 g/mol. The first-order valence-corrected chi connectivity index (χ1v) is 7.49. The highest BCUT2D eigenvalue weighted by Crippen LogP contribution is 2.06. The lowest BCUT2D eigenvalue weighted by Crippen LogP contribution is -2.21. The highest BCUT2D eigenvalue weighted by atomic mass is 16.8. The van der Waals surface area contributed by atoms with E-state index in [9.17, 15) is 10.1 Å². The summed E-state index contributed by atoms with van der Waals surface area (Å²) in [6.07, 6.45) is -1.97. The van der Waals surface area contributed by atoms with Crippen molar-refractivity contribution in [3.05, 3.63) is 35.4 Å². The van der Waals surface area contributed by atoms with Crippen LogP contribution in [0.3, 0.4) is 0 Å². The van der Waals surface area contributed by atoms with Crippen molar-refractivity contribution in [2.75, 3.05) is 0 Å². The van der Waals surface area contributed by atoms with E-state index in [4.69, 9.17) is 14.2 Å². The fraction of sp³-hybridized carbons (Fsp3) is 0.412. The maximum absolute atomic E-state index is 11.5. The van der Waals surface area contributed by atoms with Crippen molar-refractivity contribution in [1.82, 2.24) is 0 Å². The molecule has 1 aromatic rings. The van der Waals surface area contributed by atoms with Crippen molar-refractivity contribution in [2.24, 2.45) is 10.2 Å². The average Bonchev–Trinajstić information content (AvgIpc) is 2.47. The molecule has 0 heterocycles. The predicted octanol–water partition coefficient (Wildman–Crippen LogP) is 3.57. The zero-order valence-corrected chi connectivity index (χ0v) is 14.4. The van der Waals surface area contributed by atoms with E-state index < -0.39 is 6.16 Å². The Balaban J connectivity index is 3.00. The number of aryl methyl sites for hydroxylation is 1. The molecule has 0 N–H and O–H groups in total. The molecule has 7 heteroatoms. The number of nitriles is 1. The fourth-order valence-corrected chi connectivity index (χ4v) is 1.50. The highest BCUT2D eigenvalue weighted by Gasteiger charge is 2.15. The topological polar surface area (TPSA) is 93.3 Å². The summed E-state index contributed by atoms with van der Waals surface area (Å²) < 4.78 is 15.0. The molecule has 0 atom stereocenters. The quantitative estimate of drug-likeness (QED) is 0.364. The molecule has 0 saturated heterocycles. The fourth-order valence-electron chi connectivity index (χ4n) is 1.50. The van der Waals surface area contributed by atoms with Gasteiger partial charge in [0.05, 0.1) is 12.2 Å². The number of hydrogen-bond donors (Lipinski definition) is 0. The molecule has 0 unspecified atom stereocenters. The van der Waals surface area contributed by atoms with Crippen molar-refractivity contribution in [2.45, 2.75) is 46.8 Å². The highest BCUT2D eigenvalue weighted by molar-refractivity contribution is 6.11. The van der Waals surface area contributed by atoms with Crippen LogP contribution in [0.25, 0.3) is 0 Å². The third kappa shape index (κ3) is 6.92. The van der Waals surface area contributed by atoms with E-state index in [2.05, 4.69) is 10.2 Å². The number of benzene rings is 1. The number of nitrogens with zero attached hydrogens (tertiary/aromatic N) is 3. The Hall–Kier alpha value is -2.88. The van der Waals surface area contributed by atoms with Crippen molar-refractivity contribution >= 4 is 18.0 Å². The van der Waals surface area contributed by atoms with Crippen LogP contribution in [-0.2, 0) is 14.2 Å². The molecule has 0 aliphatic heterocycles. The van der Waals surface area contributed by atoms with Crippen molar-refractivity contribution in [3.63, 3.8) is 0 Å². The first-order valence-electron chi connectivity index (χ1n) is 7.49. The maximum Gasteiger partial charge on any atom is 0.517 e. The standard InChI is InChI=1S/C17H21N3O4/c1-11(2)22-16(24-17(21)23-12(3)4)20-19-15(10-18)14-8-6-13(5)7-9-14/h6-9,11-12H,1-5H3/b19-15+,20-16+. The lowest BCUT2D eigenvalue weighted by molar-refractivity contribution is 0.0502. The molecular formula is C17H21N3O4. The van der Waals surface area contributed by atoms with Gasteiger partial charge in [-0.1, -0.05) is 34.9 Å². The molecule has 0 aliphatic carbocycles. The molecule has 0 saturated carbocycles. The first kappa shape index (κ1) is 19.2. The van der Waals surface area contributed by atoms with Crippen LogP contribution in [0, 0.1) is 18.3 Å². The number of ether oxygens (including phenoxy) is 3. The van der Waals surface area contributed by atoms with Gasteiger partial charge in [0.25, 0.3) is 0 Å². The van der Waals surface area contributed by atoms with Gasteiger partial charge in [0.2, 0.25) is 0 Å². The number of carbonyl (C=O) groups excluding carboxylic acids is 1. The van der Waals surface area contributed by atoms with Crippen LogP contribution < -0.4 is 0 Å². The Morgan fingerprint density at radius 1 is 1.04 bits per heavy atom. The van der Waals surface area contributed by atoms with Gasteiger partial charge in [-0.15, -0.1) is 5.10 Å². The molecule has 1 aromatic carbocycles. The van der Waals surface area contributed by atoms with Crippen LogP contribution in [-0.4, -0.2) is 30.2 Å². The van der Waals surface area contributed by atoms with Gasteiger partial charge in [-0.2, -0.15) is 5.26 Å². The number of carbonyl (C=O) groups is 1. The van der Waals surface area contributed by atoms with Gasteiger partial charge in [0.15, 0.2) is 5.71 Å². The molecule has 7 nitrogen and oxygen atoms in total. The lowest BCUT2D eigenvalue weighted by atomic mass is 10.1. The molecule has 0 aliphatic rings. The SMILES string of the molecule is Cc1ccc(/C(C#N)=N/N=C(/OC(=O)OC(C)C)OC(C)C)cc1. The van der Waals surface area contributed by atoms with Gasteiger partial charge in [-0.3, -0.25) is 0 Å². The Morgan fingerprint density at radius 2 is 1.62 bits per heavy atom. The zero-order chi connectivity index (χ0) is 18.1. The van der Waals surface area contributed by atoms with E-state index in [0.29, 0.717) is 5.56 Å². The van der Waals surface area contributed by atoms with Gasteiger partial charge in [-0.25, -0.2) is 4.79 Å². The Kier molecular flexibility index (Phi) is 7.43. The molecule has 0 aromatic heterocycles. The first-order chi connectivity index (χ1) is 11.3. The van der Waals surface area contributed by atoms with Crippen LogP contribution in [0.1, 0.15) is 38.8 Å². The summed E-state index contributed by atoms with van der Waals surface area (Å²) in [5.41, 5.74) is 1.73. The summed E-state index contributed by atoms with van der Waals surface area (Å²) in [5, 5.41) is 16.8. The average molecular weight is 331 g/mol. The van der Waals surface area contributed by atoms with E-state index in [1.807, 2.05) is 25.1 Å². The summed E-state index contributed by atoms with van der Waals surface area (Å²) in [7, 11) is 0. The third-order valence-electron chi connectivity index (χ3n) is 2.50. The minimum Gasteiger partial charge on any atom is -0.446 e. The van der Waals surface area contributed by atoms with E-state index >= 15 is 0 Å². The second-order valence-corrected chi connectivity index (χ2v) is 5.48. The monoisotopic (exact) mass is 331 g/mol. The molecule has 1 rings (SSSR count). The summed E-state index contributed by atoms with van der Waals surface area (Å²) in [5.74, 6) is 0. The van der Waals surface area contributed by atoms with E-state index in [-0.39, 0.29) is 24.0 Å². The van der Waals surface area contributed by atoms with Crippen LogP contribution in [0.4, 0.5) is 4.79 Å². The largest absolute Gasteiger partial charge is 0.517 e. The molecule has 0 radical (unpaired) electrons. The summed E-state index contributed by atoms with van der Waals surface area (Å²) in [6.45, 7) is 8.78. The number of hydrogen-bond acceptors (Lipinski definition) is 7. The van der Waals surface area contributed by atoms with Gasteiger partial charge in [0, 0.05) is 5.56 Å². The molecule has 0 spiro atoms. The predicted molar refractivity (Wildman–Crippen MR) is 89.7 cm³/mol. The van der Waals surface area contributed by atoms with Gasteiger partial charge >= 0.3 is 12.2 Å². The molecule has 0 amide bonds. The Morgan fingerprint density at radius 3 is 2.12 bits per heavy atom. The third-order valence-corrected chi connectivity index (χ3v) is 2.50. The Bertz CT molecular complexity index is 655. The van der Waals surface area contributed by atoms with Crippen molar-refractivity contribution in [3.8, 4) is 6.07 Å². The van der Waals surface area contributed by atoms with Gasteiger partial charge in [0.1, 0.15) is 6.07 Å². The van der Waals surface area contributed by atoms with Gasteiger partial charge in [-0.05, 0) is 34.6 Å². The number of rotatable bonds is 4. The molecule has 24 heavy (non-hydrogen) atoms. The smallest absolute Gasteiger partial charge is 0.446 e. The molecule has 0 fully saturated rings. The van der Waals surface area contributed by atoms with Crippen LogP contribution in [0.15, 0.2) is 34.5 Å². The summed E-state index contributed by atoms with van der Waals surface area (Å²) >= 11 is 0. The van der Waals surface area contributed by atoms with Crippen molar-refractivity contribution in [1.29, 1.82) is 5.26 Å². The second kappa shape index (κ2) is 9.30. The Labute approximate surface area is 141 Å². The van der Waals surface area contributed by atoms with E-state index in [0.717, 1.165) is 5.56 Å². The summed E-state index contributed by atoms with van der Waals surface area (Å²) in [6, 6.07) is 9.17. The lowest BCUT2D eigenvalue weighted by Gasteiger charge is -2.12. The van der Waals surface area contributed by atoms with Crippen LogP contribution in [0.2, 0.25) is 0 Å². The normalized spacial score (nSPS) is 12.1. The molecule has 128 valence electrons. The van der Waals surface area contributed by atoms with E-state index in [1.165, 1.54) is 0 Å². The minimum atomic E-state index is -0.951. The zero-order valence-electron chi connectivity index (χ0n) is 14.4. The van der Waals surface area contributed by atoms with Crippen molar-refractivity contribution < 1.29 is 19.0 Å². The van der Waals surface area contributed by atoms with Crippen LogP contribution in [0.5, 0.6) is 0 Å². The van der Waals surface area contributed by atoms with Gasteiger partial charge < -0.3 is 14.2 Å². The minimum absolute atomic E-state index is 0.0701.